The molecule has 1 aliphatic heterocycles. The average Bonchev–Trinajstić information content (AvgIpc) is 2.69. The highest BCUT2D eigenvalue weighted by Gasteiger charge is 2.25. The van der Waals surface area contributed by atoms with Gasteiger partial charge in [0.2, 0.25) is 5.91 Å². The minimum absolute atomic E-state index is 0.111. The standard InChI is InChI=1S/C21H22Cl2N2O4/c1-14(26)24-16-5-2-4-15(10-16)21(27)25-8-9-29-17(11-25)12-28-13-18-19(22)6-3-7-20(18)23/h2-7,10,17H,8-9,11-13H2,1H3,(H,24,26). The van der Waals surface area contributed by atoms with Crippen molar-refractivity contribution in [2.75, 3.05) is 31.6 Å². The first kappa shape index (κ1) is 21.6. The third-order valence-electron chi connectivity index (χ3n) is 4.47. The van der Waals surface area contributed by atoms with Gasteiger partial charge in [0.15, 0.2) is 0 Å². The molecule has 1 fully saturated rings. The van der Waals surface area contributed by atoms with Gasteiger partial charge in [-0.15, -0.1) is 0 Å². The van der Waals surface area contributed by atoms with Crippen LogP contribution >= 0.6 is 23.2 Å². The molecule has 0 aromatic heterocycles. The van der Waals surface area contributed by atoms with E-state index in [2.05, 4.69) is 5.32 Å². The van der Waals surface area contributed by atoms with Gasteiger partial charge in [-0.3, -0.25) is 9.59 Å². The second kappa shape index (κ2) is 10.1. The lowest BCUT2D eigenvalue weighted by atomic mass is 10.1. The minimum atomic E-state index is -0.243. The van der Waals surface area contributed by atoms with Gasteiger partial charge in [-0.25, -0.2) is 0 Å². The van der Waals surface area contributed by atoms with E-state index in [9.17, 15) is 9.59 Å². The van der Waals surface area contributed by atoms with E-state index in [0.717, 1.165) is 5.56 Å². The van der Waals surface area contributed by atoms with E-state index in [1.165, 1.54) is 6.92 Å². The highest BCUT2D eigenvalue weighted by atomic mass is 35.5. The van der Waals surface area contributed by atoms with Crippen molar-refractivity contribution in [2.45, 2.75) is 19.6 Å². The second-order valence-electron chi connectivity index (χ2n) is 6.72. The molecule has 29 heavy (non-hydrogen) atoms. The van der Waals surface area contributed by atoms with Gasteiger partial charge in [0.05, 0.1) is 25.9 Å². The van der Waals surface area contributed by atoms with Crippen LogP contribution in [-0.2, 0) is 20.9 Å². The number of halogens is 2. The lowest BCUT2D eigenvalue weighted by Gasteiger charge is -2.33. The molecule has 0 aliphatic carbocycles. The van der Waals surface area contributed by atoms with E-state index in [0.29, 0.717) is 47.6 Å². The Hall–Kier alpha value is -2.12. The topological polar surface area (TPSA) is 67.9 Å². The van der Waals surface area contributed by atoms with Gasteiger partial charge in [-0.1, -0.05) is 35.3 Å². The Labute approximate surface area is 179 Å². The van der Waals surface area contributed by atoms with Crippen LogP contribution in [0, 0.1) is 0 Å². The summed E-state index contributed by atoms with van der Waals surface area (Å²) in [5, 5.41) is 3.80. The number of carbonyl (C=O) groups excluding carboxylic acids is 2. The van der Waals surface area contributed by atoms with Crippen LogP contribution in [0.4, 0.5) is 5.69 Å². The second-order valence-corrected chi connectivity index (χ2v) is 7.54. The predicted octanol–water partition coefficient (Wildman–Crippen LogP) is 4.01. The summed E-state index contributed by atoms with van der Waals surface area (Å²) in [6, 6.07) is 12.2. The van der Waals surface area contributed by atoms with Gasteiger partial charge >= 0.3 is 0 Å². The highest BCUT2D eigenvalue weighted by Crippen LogP contribution is 2.25. The summed E-state index contributed by atoms with van der Waals surface area (Å²) in [5.41, 5.74) is 1.84. The molecule has 6 nitrogen and oxygen atoms in total. The van der Waals surface area contributed by atoms with Gasteiger partial charge in [0.25, 0.3) is 5.91 Å². The first-order valence-corrected chi connectivity index (χ1v) is 9.99. The molecule has 0 saturated carbocycles. The van der Waals surface area contributed by atoms with Gasteiger partial charge in [0, 0.05) is 46.9 Å². The molecule has 154 valence electrons. The molecule has 1 aliphatic rings. The molecule has 2 aromatic rings. The van der Waals surface area contributed by atoms with Gasteiger partial charge in [-0.05, 0) is 30.3 Å². The van der Waals surface area contributed by atoms with Crippen molar-refractivity contribution >= 4 is 40.7 Å². The van der Waals surface area contributed by atoms with Crippen LogP contribution in [0.3, 0.4) is 0 Å². The summed E-state index contributed by atoms with van der Waals surface area (Å²) in [5.74, 6) is -0.295. The first-order valence-electron chi connectivity index (χ1n) is 9.23. The maximum Gasteiger partial charge on any atom is 0.254 e. The van der Waals surface area contributed by atoms with E-state index in [4.69, 9.17) is 32.7 Å². The molecule has 2 aromatic carbocycles. The molecule has 8 heteroatoms. The Morgan fingerprint density at radius 1 is 1.21 bits per heavy atom. The number of nitrogens with one attached hydrogen (secondary N) is 1. The Kier molecular flexibility index (Phi) is 7.50. The van der Waals surface area contributed by atoms with E-state index in [-0.39, 0.29) is 24.5 Å². The number of carbonyl (C=O) groups is 2. The van der Waals surface area contributed by atoms with Crippen molar-refractivity contribution in [2.24, 2.45) is 0 Å². The van der Waals surface area contributed by atoms with Gasteiger partial charge in [0.1, 0.15) is 0 Å². The van der Waals surface area contributed by atoms with Crippen molar-refractivity contribution < 1.29 is 19.1 Å². The van der Waals surface area contributed by atoms with Crippen molar-refractivity contribution in [1.29, 1.82) is 0 Å². The number of amides is 2. The summed E-state index contributed by atoms with van der Waals surface area (Å²) in [6.45, 7) is 3.35. The zero-order chi connectivity index (χ0) is 20.8. The predicted molar refractivity (Wildman–Crippen MR) is 113 cm³/mol. The van der Waals surface area contributed by atoms with Crippen molar-refractivity contribution in [1.82, 2.24) is 4.90 Å². The molecule has 1 saturated heterocycles. The fourth-order valence-electron chi connectivity index (χ4n) is 3.08. The van der Waals surface area contributed by atoms with Crippen LogP contribution in [-0.4, -0.2) is 49.1 Å². The zero-order valence-corrected chi connectivity index (χ0v) is 17.5. The van der Waals surface area contributed by atoms with E-state index >= 15 is 0 Å². The maximum atomic E-state index is 12.8. The maximum absolute atomic E-state index is 12.8. The first-order chi connectivity index (χ1) is 13.9. The molecular formula is C21H22Cl2N2O4. The molecule has 0 spiro atoms. The van der Waals surface area contributed by atoms with Crippen molar-refractivity contribution in [3.8, 4) is 0 Å². The van der Waals surface area contributed by atoms with Crippen LogP contribution in [0.25, 0.3) is 0 Å². The Bertz CT molecular complexity index is 870. The molecule has 1 N–H and O–H groups in total. The summed E-state index contributed by atoms with van der Waals surface area (Å²) in [6.07, 6.45) is -0.243. The SMILES string of the molecule is CC(=O)Nc1cccc(C(=O)N2CCOC(COCc3c(Cl)cccc3Cl)C2)c1. The summed E-state index contributed by atoms with van der Waals surface area (Å²) < 4.78 is 11.5. The van der Waals surface area contributed by atoms with Crippen molar-refractivity contribution in [3.63, 3.8) is 0 Å². The number of morpholine rings is 1. The quantitative estimate of drug-likeness (QED) is 0.742. The fourth-order valence-corrected chi connectivity index (χ4v) is 3.59. The Morgan fingerprint density at radius 2 is 1.93 bits per heavy atom. The molecule has 0 radical (unpaired) electrons. The number of hydrogen-bond donors (Lipinski definition) is 1. The molecular weight excluding hydrogens is 415 g/mol. The lowest BCUT2D eigenvalue weighted by molar-refractivity contribution is -0.114. The summed E-state index contributed by atoms with van der Waals surface area (Å²) in [7, 11) is 0. The molecule has 2 amide bonds. The molecule has 0 bridgehead atoms. The number of nitrogens with zero attached hydrogens (tertiary/aromatic N) is 1. The fraction of sp³-hybridized carbons (Fsp3) is 0.333. The molecule has 1 atom stereocenters. The van der Waals surface area contributed by atoms with Crippen LogP contribution < -0.4 is 5.32 Å². The summed E-state index contributed by atoms with van der Waals surface area (Å²) in [4.78, 5) is 25.8. The van der Waals surface area contributed by atoms with Gasteiger partial charge < -0.3 is 19.7 Å². The van der Waals surface area contributed by atoms with E-state index < -0.39 is 0 Å². The van der Waals surface area contributed by atoms with Gasteiger partial charge in [-0.2, -0.15) is 0 Å². The third-order valence-corrected chi connectivity index (χ3v) is 5.18. The number of rotatable bonds is 6. The largest absolute Gasteiger partial charge is 0.374 e. The van der Waals surface area contributed by atoms with Crippen LogP contribution in [0.1, 0.15) is 22.8 Å². The zero-order valence-electron chi connectivity index (χ0n) is 16.0. The van der Waals surface area contributed by atoms with E-state index in [1.807, 2.05) is 0 Å². The third kappa shape index (κ3) is 5.93. The number of benzene rings is 2. The minimum Gasteiger partial charge on any atom is -0.374 e. The molecule has 3 rings (SSSR count). The van der Waals surface area contributed by atoms with Crippen LogP contribution in [0.5, 0.6) is 0 Å². The van der Waals surface area contributed by atoms with Crippen molar-refractivity contribution in [3.05, 3.63) is 63.6 Å². The number of ether oxygens (including phenoxy) is 2. The normalized spacial score (nSPS) is 16.5. The number of anilines is 1. The molecule has 1 unspecified atom stereocenters. The molecule has 1 heterocycles. The monoisotopic (exact) mass is 436 g/mol. The Balaban J connectivity index is 1.56. The van der Waals surface area contributed by atoms with Crippen LogP contribution in [0.15, 0.2) is 42.5 Å². The average molecular weight is 437 g/mol. The smallest absolute Gasteiger partial charge is 0.254 e. The number of hydrogen-bond acceptors (Lipinski definition) is 4. The van der Waals surface area contributed by atoms with Crippen LogP contribution in [0.2, 0.25) is 10.0 Å². The van der Waals surface area contributed by atoms with E-state index in [1.54, 1.807) is 47.4 Å². The highest BCUT2D eigenvalue weighted by molar-refractivity contribution is 6.35. The lowest BCUT2D eigenvalue weighted by Crippen LogP contribution is -2.47. The summed E-state index contributed by atoms with van der Waals surface area (Å²) >= 11 is 12.3. The Morgan fingerprint density at radius 3 is 2.66 bits per heavy atom.